The van der Waals surface area contributed by atoms with Gasteiger partial charge >= 0.3 is 11.9 Å². The fraction of sp³-hybridized carbons (Fsp3) is 0.727. The molecule has 1 saturated carbocycles. The van der Waals surface area contributed by atoms with E-state index < -0.39 is 10.1 Å². The van der Waals surface area contributed by atoms with E-state index in [1.54, 1.807) is 13.8 Å². The van der Waals surface area contributed by atoms with E-state index in [1.807, 2.05) is 0 Å². The zero-order valence-corrected chi connectivity index (χ0v) is 25.1. The van der Waals surface area contributed by atoms with Crippen molar-refractivity contribution >= 4 is 69.8 Å². The third-order valence-electron chi connectivity index (χ3n) is 4.44. The summed E-state index contributed by atoms with van der Waals surface area (Å²) in [6, 6.07) is 0. The van der Waals surface area contributed by atoms with Crippen molar-refractivity contribution in [3.8, 4) is 0 Å². The summed E-state index contributed by atoms with van der Waals surface area (Å²) in [6.45, 7) is 11.5. The topological polar surface area (TPSA) is 107 Å². The van der Waals surface area contributed by atoms with Crippen molar-refractivity contribution in [2.45, 2.75) is 58.8 Å². The number of hydrogen-bond donors (Lipinski definition) is 1. The van der Waals surface area contributed by atoms with Crippen LogP contribution in [0.1, 0.15) is 58.8 Å². The first-order valence-corrected chi connectivity index (χ1v) is 15.6. The molecule has 33 heavy (non-hydrogen) atoms. The average molecular weight is 685 g/mol. The highest BCUT2D eigenvalue weighted by Gasteiger charge is 2.44. The molecule has 0 bridgehead atoms. The summed E-state index contributed by atoms with van der Waals surface area (Å²) in [5, 5.41) is 2.76. The lowest BCUT2D eigenvalue weighted by molar-refractivity contribution is -0.144. The van der Waals surface area contributed by atoms with Gasteiger partial charge in [0.25, 0.3) is 10.1 Å². The molecule has 1 fully saturated rings. The van der Waals surface area contributed by atoms with E-state index in [9.17, 15) is 18.0 Å². The number of ether oxygens (including phenoxy) is 2. The van der Waals surface area contributed by atoms with Crippen molar-refractivity contribution < 1.29 is 32.0 Å². The van der Waals surface area contributed by atoms with Crippen LogP contribution >= 0.6 is 47.8 Å². The second-order valence-electron chi connectivity index (χ2n) is 7.58. The standard InChI is InChI=1S/C11H18O4.C6H11BrO3S.C5H8Br2/c1-4-10(12)14-7-6-9(3)8-15-11(13)5-2;7-4-3-6(1-2-6)5-11(8,9)10;1-5(4-7)2-3-6/h3-8H2,1-2H3;1-5H2,(H,8,9,10);1-4H2. The molecule has 0 unspecified atom stereocenters. The Bertz CT molecular complexity index is 705. The van der Waals surface area contributed by atoms with Crippen LogP contribution in [0.2, 0.25) is 0 Å². The van der Waals surface area contributed by atoms with Gasteiger partial charge in [-0.15, -0.1) is 0 Å². The van der Waals surface area contributed by atoms with Crippen LogP contribution in [0, 0.1) is 5.41 Å². The molecule has 0 aromatic carbocycles. The molecule has 0 atom stereocenters. The molecule has 194 valence electrons. The normalized spacial score (nSPS) is 13.4. The summed E-state index contributed by atoms with van der Waals surface area (Å²) >= 11 is 9.86. The fourth-order valence-corrected chi connectivity index (χ4v) is 5.09. The smallest absolute Gasteiger partial charge is 0.305 e. The zero-order chi connectivity index (χ0) is 25.9. The molecule has 7 nitrogen and oxygen atoms in total. The Labute approximate surface area is 224 Å². The van der Waals surface area contributed by atoms with E-state index in [2.05, 4.69) is 60.9 Å². The third kappa shape index (κ3) is 23.3. The molecule has 1 aliphatic carbocycles. The van der Waals surface area contributed by atoms with Crippen LogP contribution in [0.3, 0.4) is 0 Å². The molecule has 0 aromatic heterocycles. The number of halogens is 3. The Morgan fingerprint density at radius 3 is 1.85 bits per heavy atom. The van der Waals surface area contributed by atoms with Gasteiger partial charge in [-0.05, 0) is 36.7 Å². The number of carbonyl (C=O) groups is 2. The second kappa shape index (κ2) is 20.0. The molecule has 0 aliphatic heterocycles. The molecular weight excluding hydrogens is 648 g/mol. The van der Waals surface area contributed by atoms with Gasteiger partial charge in [0, 0.05) is 35.3 Å². The Morgan fingerprint density at radius 1 is 0.939 bits per heavy atom. The first-order valence-electron chi connectivity index (χ1n) is 10.7. The quantitative estimate of drug-likeness (QED) is 0.104. The van der Waals surface area contributed by atoms with E-state index in [0.717, 1.165) is 47.2 Å². The van der Waals surface area contributed by atoms with Crippen LogP contribution < -0.4 is 0 Å². The molecule has 1 rings (SSSR count). The Morgan fingerprint density at radius 2 is 1.48 bits per heavy atom. The molecule has 1 N–H and O–H groups in total. The zero-order valence-electron chi connectivity index (χ0n) is 19.5. The summed E-state index contributed by atoms with van der Waals surface area (Å²) in [4.78, 5) is 21.6. The maximum Gasteiger partial charge on any atom is 0.305 e. The minimum Gasteiger partial charge on any atom is -0.465 e. The summed E-state index contributed by atoms with van der Waals surface area (Å²) in [5.41, 5.74) is 1.90. The van der Waals surface area contributed by atoms with E-state index in [4.69, 9.17) is 14.0 Å². The monoisotopic (exact) mass is 682 g/mol. The largest absolute Gasteiger partial charge is 0.465 e. The number of carbonyl (C=O) groups excluding carboxylic acids is 2. The highest BCUT2D eigenvalue weighted by Crippen LogP contribution is 2.49. The molecule has 0 aromatic rings. The van der Waals surface area contributed by atoms with Gasteiger partial charge in [-0.2, -0.15) is 8.42 Å². The molecule has 0 amide bonds. The van der Waals surface area contributed by atoms with Gasteiger partial charge < -0.3 is 9.47 Å². The van der Waals surface area contributed by atoms with Crippen LogP contribution in [0.5, 0.6) is 0 Å². The average Bonchev–Trinajstić information content (AvgIpc) is 3.50. The van der Waals surface area contributed by atoms with Crippen LogP contribution in [0.4, 0.5) is 0 Å². The van der Waals surface area contributed by atoms with Crippen molar-refractivity contribution in [1.82, 2.24) is 0 Å². The highest BCUT2D eigenvalue weighted by atomic mass is 79.9. The second-order valence-corrected chi connectivity index (χ2v) is 11.2. The highest BCUT2D eigenvalue weighted by molar-refractivity contribution is 9.09. The van der Waals surface area contributed by atoms with Gasteiger partial charge in [0.05, 0.1) is 12.4 Å². The Hall–Kier alpha value is -0.230. The van der Waals surface area contributed by atoms with Gasteiger partial charge in [-0.25, -0.2) is 0 Å². The molecule has 0 spiro atoms. The van der Waals surface area contributed by atoms with Crippen LogP contribution in [-0.4, -0.2) is 59.9 Å². The number of allylic oxidation sites excluding steroid dienone is 1. The lowest BCUT2D eigenvalue weighted by atomic mass is 10.1. The minimum absolute atomic E-state index is 0.0639. The first-order chi connectivity index (χ1) is 15.4. The molecule has 0 saturated heterocycles. The maximum atomic E-state index is 10.8. The van der Waals surface area contributed by atoms with Crippen molar-refractivity contribution in [2.75, 3.05) is 35.0 Å². The van der Waals surface area contributed by atoms with Crippen molar-refractivity contribution in [3.63, 3.8) is 0 Å². The van der Waals surface area contributed by atoms with Gasteiger partial charge in [-0.1, -0.05) is 80.4 Å². The number of alkyl halides is 3. The first kappa shape index (κ1) is 34.9. The Kier molecular flexibility index (Phi) is 21.2. The van der Waals surface area contributed by atoms with Gasteiger partial charge in [0.2, 0.25) is 0 Å². The number of hydrogen-bond acceptors (Lipinski definition) is 6. The van der Waals surface area contributed by atoms with E-state index in [1.165, 1.54) is 5.57 Å². The predicted molar refractivity (Wildman–Crippen MR) is 144 cm³/mol. The summed E-state index contributed by atoms with van der Waals surface area (Å²) in [6.07, 6.45) is 5.03. The molecule has 0 heterocycles. The van der Waals surface area contributed by atoms with Crippen molar-refractivity contribution in [2.24, 2.45) is 5.41 Å². The van der Waals surface area contributed by atoms with Gasteiger partial charge in [0.15, 0.2) is 0 Å². The Balaban J connectivity index is 0. The third-order valence-corrected chi connectivity index (χ3v) is 7.00. The van der Waals surface area contributed by atoms with Gasteiger partial charge in [0.1, 0.15) is 6.61 Å². The maximum absolute atomic E-state index is 10.8. The lowest BCUT2D eigenvalue weighted by Gasteiger charge is -2.09. The van der Waals surface area contributed by atoms with E-state index in [0.29, 0.717) is 25.9 Å². The summed E-state index contributed by atoms with van der Waals surface area (Å²) in [7, 11) is -3.76. The predicted octanol–water partition coefficient (Wildman–Crippen LogP) is 6.00. The summed E-state index contributed by atoms with van der Waals surface area (Å²) < 4.78 is 39.3. The van der Waals surface area contributed by atoms with Gasteiger partial charge in [-0.3, -0.25) is 14.1 Å². The SMILES string of the molecule is C=C(CBr)CCBr.C=C(CCOC(=O)CC)COC(=O)CC.O=S(=O)(O)CC1(CCBr)CC1. The number of rotatable bonds is 14. The van der Waals surface area contributed by atoms with Crippen LogP contribution in [0.15, 0.2) is 24.3 Å². The number of esters is 2. The van der Waals surface area contributed by atoms with Crippen molar-refractivity contribution in [3.05, 3.63) is 24.3 Å². The van der Waals surface area contributed by atoms with Crippen LogP contribution in [0.25, 0.3) is 0 Å². The minimum atomic E-state index is -3.76. The van der Waals surface area contributed by atoms with Crippen LogP contribution in [-0.2, 0) is 29.2 Å². The molecule has 11 heteroatoms. The lowest BCUT2D eigenvalue weighted by Crippen LogP contribution is -2.16. The molecule has 1 aliphatic rings. The van der Waals surface area contributed by atoms with E-state index >= 15 is 0 Å². The molecule has 0 radical (unpaired) electrons. The molecular formula is C22H37Br3O7S. The van der Waals surface area contributed by atoms with E-state index in [-0.39, 0.29) is 29.7 Å². The fourth-order valence-electron chi connectivity index (χ4n) is 2.20. The summed E-state index contributed by atoms with van der Waals surface area (Å²) in [5.74, 6) is -0.541. The van der Waals surface area contributed by atoms with Crippen molar-refractivity contribution in [1.29, 1.82) is 0 Å².